The molecular weight excluding hydrogens is 384 g/mol. The summed E-state index contributed by atoms with van der Waals surface area (Å²) in [6.07, 6.45) is 1.40. The fourth-order valence-electron chi connectivity index (χ4n) is 2.28. The third-order valence-electron chi connectivity index (χ3n) is 3.55. The van der Waals surface area contributed by atoms with E-state index in [4.69, 9.17) is 0 Å². The van der Waals surface area contributed by atoms with Crippen LogP contribution >= 0.6 is 15.9 Å². The van der Waals surface area contributed by atoms with Gasteiger partial charge in [0.1, 0.15) is 5.69 Å². The molecule has 3 rings (SSSR count). The fourth-order valence-corrected chi connectivity index (χ4v) is 2.75. The van der Waals surface area contributed by atoms with Crippen LogP contribution in [0.25, 0.3) is 11.0 Å². The lowest BCUT2D eigenvalue weighted by molar-refractivity contribution is -0.115. The molecule has 0 aliphatic heterocycles. The van der Waals surface area contributed by atoms with Crippen LogP contribution in [-0.4, -0.2) is 28.3 Å². The Morgan fingerprint density at radius 2 is 1.88 bits per heavy atom. The summed E-state index contributed by atoms with van der Waals surface area (Å²) in [5.74, 6) is -0.756. The van der Waals surface area contributed by atoms with Gasteiger partial charge in [-0.15, -0.1) is 0 Å². The summed E-state index contributed by atoms with van der Waals surface area (Å²) in [7, 11) is 0. The number of benzene rings is 2. The number of carbonyl (C=O) groups is 2. The molecule has 0 bridgehead atoms. The van der Waals surface area contributed by atoms with E-state index >= 15 is 0 Å². The molecule has 2 N–H and O–H groups in total. The second-order valence-electron chi connectivity index (χ2n) is 5.43. The summed E-state index contributed by atoms with van der Waals surface area (Å²) < 4.78 is 0.936. The highest BCUT2D eigenvalue weighted by Gasteiger charge is 2.11. The lowest BCUT2D eigenvalue weighted by Crippen LogP contribution is -2.33. The first-order chi connectivity index (χ1) is 12.0. The van der Waals surface area contributed by atoms with Crippen molar-refractivity contribution in [3.8, 4) is 0 Å². The number of nitrogens with one attached hydrogen (secondary N) is 2. The number of amides is 2. The van der Waals surface area contributed by atoms with Crippen molar-refractivity contribution in [2.45, 2.75) is 6.92 Å². The Balaban J connectivity index is 1.61. The average Bonchev–Trinajstić information content (AvgIpc) is 2.61. The molecule has 2 aromatic carbocycles. The highest BCUT2D eigenvalue weighted by atomic mass is 79.9. The number of aryl methyl sites for hydroxylation is 1. The quantitative estimate of drug-likeness (QED) is 0.707. The minimum atomic E-state index is -0.444. The van der Waals surface area contributed by atoms with Crippen molar-refractivity contribution in [3.05, 3.63) is 64.4 Å². The molecular formula is C18H15BrN4O2. The van der Waals surface area contributed by atoms with Crippen molar-refractivity contribution in [2.75, 3.05) is 11.9 Å². The molecule has 0 aliphatic carbocycles. The third-order valence-corrected chi connectivity index (χ3v) is 4.05. The van der Waals surface area contributed by atoms with Gasteiger partial charge in [-0.3, -0.25) is 14.6 Å². The van der Waals surface area contributed by atoms with Crippen molar-refractivity contribution in [1.82, 2.24) is 15.3 Å². The number of anilines is 1. The fraction of sp³-hybridized carbons (Fsp3) is 0.111. The summed E-state index contributed by atoms with van der Waals surface area (Å²) in [4.78, 5) is 32.6. The molecule has 126 valence electrons. The van der Waals surface area contributed by atoms with Crippen LogP contribution in [0.4, 0.5) is 5.69 Å². The van der Waals surface area contributed by atoms with E-state index in [-0.39, 0.29) is 18.1 Å². The summed E-state index contributed by atoms with van der Waals surface area (Å²) >= 11 is 3.37. The molecule has 0 saturated heterocycles. The van der Waals surface area contributed by atoms with Crippen LogP contribution < -0.4 is 10.6 Å². The van der Waals surface area contributed by atoms with Gasteiger partial charge in [0.15, 0.2) is 0 Å². The van der Waals surface area contributed by atoms with Crippen molar-refractivity contribution < 1.29 is 9.59 Å². The molecule has 0 fully saturated rings. The lowest BCUT2D eigenvalue weighted by atomic mass is 10.2. The van der Waals surface area contributed by atoms with E-state index in [1.807, 2.05) is 37.3 Å². The van der Waals surface area contributed by atoms with Gasteiger partial charge in [-0.1, -0.05) is 28.1 Å². The summed E-state index contributed by atoms with van der Waals surface area (Å²) in [5.41, 5.74) is 3.14. The number of halogens is 1. The first-order valence-electron chi connectivity index (χ1n) is 7.59. The Morgan fingerprint density at radius 1 is 1.12 bits per heavy atom. The van der Waals surface area contributed by atoms with Gasteiger partial charge >= 0.3 is 0 Å². The molecule has 2 amide bonds. The van der Waals surface area contributed by atoms with E-state index < -0.39 is 5.91 Å². The van der Waals surface area contributed by atoms with Gasteiger partial charge in [0.2, 0.25) is 5.91 Å². The average molecular weight is 399 g/mol. The van der Waals surface area contributed by atoms with E-state index in [2.05, 4.69) is 36.5 Å². The zero-order valence-electron chi connectivity index (χ0n) is 13.4. The highest BCUT2D eigenvalue weighted by Crippen LogP contribution is 2.19. The van der Waals surface area contributed by atoms with Crippen LogP contribution in [0.3, 0.4) is 0 Å². The zero-order valence-corrected chi connectivity index (χ0v) is 15.0. The van der Waals surface area contributed by atoms with Gasteiger partial charge in [0.05, 0.1) is 23.8 Å². The number of carbonyl (C=O) groups excluding carboxylic acids is 2. The predicted molar refractivity (Wildman–Crippen MR) is 99.4 cm³/mol. The Hall–Kier alpha value is -2.80. The Morgan fingerprint density at radius 3 is 2.64 bits per heavy atom. The molecule has 25 heavy (non-hydrogen) atoms. The maximum absolute atomic E-state index is 12.2. The number of hydrogen-bond acceptors (Lipinski definition) is 4. The monoisotopic (exact) mass is 398 g/mol. The summed E-state index contributed by atoms with van der Waals surface area (Å²) in [6.45, 7) is 1.74. The molecule has 1 heterocycles. The summed E-state index contributed by atoms with van der Waals surface area (Å²) in [6, 6.07) is 12.8. The normalized spacial score (nSPS) is 10.5. The number of hydrogen-bond donors (Lipinski definition) is 2. The van der Waals surface area contributed by atoms with E-state index in [0.717, 1.165) is 10.0 Å². The molecule has 0 aliphatic rings. The topological polar surface area (TPSA) is 84.0 Å². The predicted octanol–water partition coefficient (Wildman–Crippen LogP) is 3.07. The van der Waals surface area contributed by atoms with Gasteiger partial charge in [-0.05, 0) is 42.8 Å². The molecule has 0 atom stereocenters. The van der Waals surface area contributed by atoms with E-state index in [0.29, 0.717) is 16.7 Å². The lowest BCUT2D eigenvalue weighted by Gasteiger charge is -2.09. The molecule has 7 heteroatoms. The second kappa shape index (κ2) is 7.40. The Kier molecular flexibility index (Phi) is 5.04. The first-order valence-corrected chi connectivity index (χ1v) is 8.38. The molecule has 3 aromatic rings. The minimum absolute atomic E-state index is 0.150. The second-order valence-corrected chi connectivity index (χ2v) is 6.35. The highest BCUT2D eigenvalue weighted by molar-refractivity contribution is 9.10. The largest absolute Gasteiger partial charge is 0.342 e. The number of rotatable bonds is 4. The molecule has 0 radical (unpaired) electrons. The van der Waals surface area contributed by atoms with Gasteiger partial charge in [0.25, 0.3) is 5.91 Å². The van der Waals surface area contributed by atoms with Crippen molar-refractivity contribution >= 4 is 44.5 Å². The summed E-state index contributed by atoms with van der Waals surface area (Å²) in [5, 5.41) is 5.32. The molecule has 0 saturated carbocycles. The number of para-hydroxylation sites is 2. The molecule has 0 unspecified atom stereocenters. The van der Waals surface area contributed by atoms with Crippen LogP contribution in [0, 0.1) is 6.92 Å². The van der Waals surface area contributed by atoms with Crippen LogP contribution in [0.15, 0.2) is 53.1 Å². The maximum atomic E-state index is 12.2. The van der Waals surface area contributed by atoms with Gasteiger partial charge < -0.3 is 10.6 Å². The molecule has 6 nitrogen and oxygen atoms in total. The van der Waals surface area contributed by atoms with Crippen LogP contribution in [0.2, 0.25) is 0 Å². The maximum Gasteiger partial charge on any atom is 0.271 e. The Bertz CT molecular complexity index is 959. The van der Waals surface area contributed by atoms with Crippen molar-refractivity contribution in [3.63, 3.8) is 0 Å². The SMILES string of the molecule is Cc1cc(Br)ccc1NC(=O)CNC(=O)c1cnc2ccccc2n1. The van der Waals surface area contributed by atoms with Crippen molar-refractivity contribution in [2.24, 2.45) is 0 Å². The molecule has 1 aromatic heterocycles. The smallest absolute Gasteiger partial charge is 0.271 e. The third kappa shape index (κ3) is 4.19. The number of nitrogens with zero attached hydrogens (tertiary/aromatic N) is 2. The minimum Gasteiger partial charge on any atom is -0.342 e. The number of fused-ring (bicyclic) bond motifs is 1. The zero-order chi connectivity index (χ0) is 17.8. The van der Waals surface area contributed by atoms with Crippen LogP contribution in [0.5, 0.6) is 0 Å². The first kappa shape index (κ1) is 17.0. The van der Waals surface area contributed by atoms with E-state index in [9.17, 15) is 9.59 Å². The van der Waals surface area contributed by atoms with Crippen LogP contribution in [-0.2, 0) is 4.79 Å². The van der Waals surface area contributed by atoms with Gasteiger partial charge in [-0.2, -0.15) is 0 Å². The standard InChI is InChI=1S/C18H15BrN4O2/c1-11-8-12(19)6-7-13(11)23-17(24)10-21-18(25)16-9-20-14-4-2-3-5-15(14)22-16/h2-9H,10H2,1H3,(H,21,25)(H,23,24). The van der Waals surface area contributed by atoms with Gasteiger partial charge in [0, 0.05) is 10.2 Å². The van der Waals surface area contributed by atoms with Crippen LogP contribution in [0.1, 0.15) is 16.1 Å². The number of aromatic nitrogens is 2. The van der Waals surface area contributed by atoms with E-state index in [1.165, 1.54) is 6.20 Å². The molecule has 0 spiro atoms. The van der Waals surface area contributed by atoms with E-state index in [1.54, 1.807) is 12.1 Å². The van der Waals surface area contributed by atoms with Gasteiger partial charge in [-0.25, -0.2) is 4.98 Å². The van der Waals surface area contributed by atoms with Crippen molar-refractivity contribution in [1.29, 1.82) is 0 Å². The Labute approximate surface area is 152 Å².